The molecule has 11 rings (SSSR count). The molecule has 0 fully saturated rings. The summed E-state index contributed by atoms with van der Waals surface area (Å²) in [5.41, 5.74) is 13.0. The molecule has 0 N–H and O–H groups in total. The minimum atomic E-state index is -0.184. The average Bonchev–Trinajstić information content (AvgIpc) is 4.02. The molecular weight excluding hydrogens is 721 g/mol. The first-order valence-electron chi connectivity index (χ1n) is 20.6. The van der Waals surface area contributed by atoms with Crippen LogP contribution < -0.4 is 14.2 Å². The molecule has 0 saturated carbocycles. The maximum atomic E-state index is 6.95. The van der Waals surface area contributed by atoms with Gasteiger partial charge in [0.05, 0.1) is 17.8 Å². The molecule has 0 spiro atoms. The van der Waals surface area contributed by atoms with Crippen molar-refractivity contribution in [3.05, 3.63) is 267 Å². The maximum Gasteiger partial charge on any atom is 0.135 e. The van der Waals surface area contributed by atoms with Gasteiger partial charge in [-0.05, 0) is 68.8 Å². The average molecular weight is 763 g/mol. The van der Waals surface area contributed by atoms with Crippen LogP contribution in [0.2, 0.25) is 0 Å². The molecule has 0 bridgehead atoms. The molecule has 0 aliphatic carbocycles. The van der Waals surface area contributed by atoms with Gasteiger partial charge in [0.15, 0.2) is 0 Å². The first-order valence-corrected chi connectivity index (χ1v) is 20.6. The van der Waals surface area contributed by atoms with Crippen LogP contribution in [0.5, 0.6) is 17.2 Å². The first-order chi connectivity index (χ1) is 29.3. The number of fused-ring (bicyclic) bond motifs is 3. The van der Waals surface area contributed by atoms with Crippen molar-refractivity contribution >= 4 is 12.2 Å². The molecule has 0 radical (unpaired) electrons. The zero-order chi connectivity index (χ0) is 39.1. The van der Waals surface area contributed by atoms with E-state index in [1.54, 1.807) is 0 Å². The van der Waals surface area contributed by atoms with Gasteiger partial charge in [0, 0.05) is 16.7 Å². The van der Waals surface area contributed by atoms with Crippen LogP contribution in [0, 0.1) is 0 Å². The third-order valence-corrected chi connectivity index (χ3v) is 12.3. The molecule has 6 unspecified atom stereocenters. The lowest BCUT2D eigenvalue weighted by Gasteiger charge is -2.21. The summed E-state index contributed by atoms with van der Waals surface area (Å²) in [6.45, 7) is 0. The van der Waals surface area contributed by atoms with E-state index >= 15 is 0 Å². The van der Waals surface area contributed by atoms with Crippen LogP contribution in [-0.4, -0.2) is 0 Å². The maximum absolute atomic E-state index is 6.95. The number of ether oxygens (including phenoxy) is 3. The van der Waals surface area contributed by atoms with E-state index in [1.807, 2.05) is 0 Å². The van der Waals surface area contributed by atoms with E-state index in [-0.39, 0.29) is 36.1 Å². The molecule has 3 heteroatoms. The van der Waals surface area contributed by atoms with Gasteiger partial charge in [0.2, 0.25) is 0 Å². The van der Waals surface area contributed by atoms with Crippen molar-refractivity contribution in [3.63, 3.8) is 0 Å². The van der Waals surface area contributed by atoms with E-state index in [1.165, 1.54) is 44.5 Å². The van der Waals surface area contributed by atoms with Crippen molar-refractivity contribution in [2.24, 2.45) is 0 Å². The predicted molar refractivity (Wildman–Crippen MR) is 236 cm³/mol. The van der Waals surface area contributed by atoms with Gasteiger partial charge >= 0.3 is 0 Å². The second-order valence-electron chi connectivity index (χ2n) is 15.8. The number of rotatable bonds is 8. The molecule has 6 atom stereocenters. The molecule has 3 nitrogen and oxygen atoms in total. The molecule has 0 saturated heterocycles. The van der Waals surface area contributed by atoms with Gasteiger partial charge in [0.25, 0.3) is 0 Å². The van der Waals surface area contributed by atoms with Crippen LogP contribution >= 0.6 is 0 Å². The molecular formula is C56H42O3. The van der Waals surface area contributed by atoms with Crippen LogP contribution in [0.1, 0.15) is 97.3 Å². The van der Waals surface area contributed by atoms with Crippen LogP contribution in [-0.2, 0) is 0 Å². The molecule has 3 heterocycles. The van der Waals surface area contributed by atoms with Gasteiger partial charge in [-0.25, -0.2) is 0 Å². The van der Waals surface area contributed by atoms with E-state index in [0.717, 1.165) is 33.9 Å². The fourth-order valence-electron chi connectivity index (χ4n) is 9.62. The Morgan fingerprint density at radius 3 is 1.39 bits per heavy atom. The van der Waals surface area contributed by atoms with Gasteiger partial charge in [-0.2, -0.15) is 0 Å². The Morgan fingerprint density at radius 1 is 0.305 bits per heavy atom. The Labute approximate surface area is 345 Å². The summed E-state index contributed by atoms with van der Waals surface area (Å²) >= 11 is 0. The fourth-order valence-corrected chi connectivity index (χ4v) is 9.62. The second kappa shape index (κ2) is 15.0. The molecule has 3 aliphatic rings. The van der Waals surface area contributed by atoms with Gasteiger partial charge in [0.1, 0.15) is 35.6 Å². The van der Waals surface area contributed by atoms with Crippen molar-refractivity contribution in [1.29, 1.82) is 0 Å². The van der Waals surface area contributed by atoms with Crippen LogP contribution in [0.25, 0.3) is 12.2 Å². The van der Waals surface area contributed by atoms with Crippen LogP contribution in [0.4, 0.5) is 0 Å². The number of hydrogen-bond donors (Lipinski definition) is 0. The zero-order valence-corrected chi connectivity index (χ0v) is 32.5. The minimum Gasteiger partial charge on any atom is -0.484 e. The summed E-state index contributed by atoms with van der Waals surface area (Å²) in [5.74, 6) is 2.89. The highest BCUT2D eigenvalue weighted by Crippen LogP contribution is 2.55. The smallest absolute Gasteiger partial charge is 0.135 e. The molecule has 8 aromatic carbocycles. The Morgan fingerprint density at radius 2 is 0.797 bits per heavy atom. The molecule has 59 heavy (non-hydrogen) atoms. The van der Waals surface area contributed by atoms with E-state index in [9.17, 15) is 0 Å². The summed E-state index contributed by atoms with van der Waals surface area (Å²) in [6.07, 6.45) is 4.08. The van der Waals surface area contributed by atoms with E-state index in [2.05, 4.69) is 218 Å². The lowest BCUT2D eigenvalue weighted by molar-refractivity contribution is 0.218. The molecule has 3 aliphatic heterocycles. The summed E-state index contributed by atoms with van der Waals surface area (Å²) in [4.78, 5) is 0. The highest BCUT2D eigenvalue weighted by atomic mass is 16.5. The SMILES string of the molecule is C(=C\c1cccc2c1C(c1ccccc1)C(c1ccccc1)O2)/c1ccc2c(c1)C(c1ccc3c(c1)OC(c1ccccc1)C3c1ccccc1)C(c1ccccc1)O2. The largest absolute Gasteiger partial charge is 0.484 e. The van der Waals surface area contributed by atoms with Gasteiger partial charge in [-0.1, -0.05) is 194 Å². The zero-order valence-electron chi connectivity index (χ0n) is 32.5. The van der Waals surface area contributed by atoms with Crippen molar-refractivity contribution in [1.82, 2.24) is 0 Å². The van der Waals surface area contributed by atoms with Gasteiger partial charge in [-0.15, -0.1) is 0 Å². The Kier molecular flexibility index (Phi) is 8.93. The third-order valence-electron chi connectivity index (χ3n) is 12.3. The van der Waals surface area contributed by atoms with E-state index < -0.39 is 0 Å². The van der Waals surface area contributed by atoms with E-state index in [0.29, 0.717) is 0 Å². The lowest BCUT2D eigenvalue weighted by Crippen LogP contribution is -2.11. The first kappa shape index (κ1) is 35.1. The van der Waals surface area contributed by atoms with Crippen LogP contribution in [0.15, 0.2) is 206 Å². The quantitative estimate of drug-likeness (QED) is 0.144. The topological polar surface area (TPSA) is 27.7 Å². The highest BCUT2D eigenvalue weighted by molar-refractivity contribution is 5.75. The normalized spacial score (nSPS) is 21.2. The van der Waals surface area contributed by atoms with Crippen molar-refractivity contribution in [2.75, 3.05) is 0 Å². The monoisotopic (exact) mass is 762 g/mol. The fraction of sp³-hybridized carbons (Fsp3) is 0.107. The Balaban J connectivity index is 0.971. The standard InChI is InChI=1S/C56H42O3/c1-6-17-38(18-7-1)50-45-33-32-44(36-49(45)59-54(50)41-21-10-3-11-22-41)51-46-35-37(30-34-47(46)57-55(51)42-23-12-4-13-24-42)29-31-40-27-16-28-48-52(40)53(39-19-8-2-9-20-39)56(58-48)43-25-14-5-15-26-43/h1-36,50-51,53-56H/b31-29+. The van der Waals surface area contributed by atoms with Crippen molar-refractivity contribution in [3.8, 4) is 17.2 Å². The molecule has 0 amide bonds. The Bertz CT molecular complexity index is 2770. The number of hydrogen-bond acceptors (Lipinski definition) is 3. The lowest BCUT2D eigenvalue weighted by atomic mass is 9.81. The predicted octanol–water partition coefficient (Wildman–Crippen LogP) is 13.7. The molecule has 284 valence electrons. The minimum absolute atomic E-state index is 0.0379. The van der Waals surface area contributed by atoms with Gasteiger partial charge < -0.3 is 14.2 Å². The van der Waals surface area contributed by atoms with Gasteiger partial charge in [-0.3, -0.25) is 0 Å². The second-order valence-corrected chi connectivity index (χ2v) is 15.8. The summed E-state index contributed by atoms with van der Waals surface area (Å²) < 4.78 is 20.6. The summed E-state index contributed by atoms with van der Waals surface area (Å²) in [7, 11) is 0. The highest BCUT2D eigenvalue weighted by Gasteiger charge is 2.41. The molecule has 0 aromatic heterocycles. The Hall–Kier alpha value is -7.10. The van der Waals surface area contributed by atoms with Crippen LogP contribution in [0.3, 0.4) is 0 Å². The third kappa shape index (κ3) is 6.40. The van der Waals surface area contributed by atoms with Crippen molar-refractivity contribution in [2.45, 2.75) is 36.1 Å². The number of benzene rings is 8. The summed E-state index contributed by atoms with van der Waals surface area (Å²) in [5, 5.41) is 0. The summed E-state index contributed by atoms with van der Waals surface area (Å²) in [6, 6.07) is 73.2. The molecule has 8 aromatic rings. The van der Waals surface area contributed by atoms with E-state index in [4.69, 9.17) is 14.2 Å². The van der Waals surface area contributed by atoms with Crippen molar-refractivity contribution < 1.29 is 14.2 Å².